The van der Waals surface area contributed by atoms with E-state index in [1.807, 2.05) is 36.4 Å². The number of methoxy groups -OCH3 is 1. The van der Waals surface area contributed by atoms with E-state index in [0.717, 1.165) is 37.4 Å². The van der Waals surface area contributed by atoms with Gasteiger partial charge in [0.05, 0.1) is 68.7 Å². The lowest BCUT2D eigenvalue weighted by atomic mass is 9.93. The molecule has 9 heteroatoms. The van der Waals surface area contributed by atoms with Gasteiger partial charge in [-0.05, 0) is 74.2 Å². The minimum atomic E-state index is -4.53. The summed E-state index contributed by atoms with van der Waals surface area (Å²) < 4.78 is 49.8. The molecule has 40 heavy (non-hydrogen) atoms. The minimum Gasteiger partial charge on any atom is -0.381 e. The van der Waals surface area contributed by atoms with Gasteiger partial charge in [0.1, 0.15) is 0 Å². The molecule has 2 aromatic carbocycles. The second-order valence-electron chi connectivity index (χ2n) is 9.97. The number of benzene rings is 3. The van der Waals surface area contributed by atoms with Gasteiger partial charge in [0, 0.05) is 13.3 Å². The third-order valence-electron chi connectivity index (χ3n) is 7.39. The van der Waals surface area contributed by atoms with E-state index in [9.17, 15) is 13.2 Å². The lowest BCUT2D eigenvalue weighted by Crippen LogP contribution is -2.25. The van der Waals surface area contributed by atoms with Gasteiger partial charge in [0.2, 0.25) is 0 Å². The number of hydrogen-bond donors (Lipinski definition) is 1. The number of anilines is 2. The van der Waals surface area contributed by atoms with Crippen LogP contribution in [0.2, 0.25) is 0 Å². The molecule has 0 bridgehead atoms. The number of para-hydroxylation sites is 3. The van der Waals surface area contributed by atoms with Crippen LogP contribution in [-0.2, 0) is 10.9 Å². The highest BCUT2D eigenvalue weighted by Gasteiger charge is 2.34. The van der Waals surface area contributed by atoms with Crippen LogP contribution < -0.4 is 10.7 Å². The molecule has 0 radical (unpaired) electrons. The zero-order chi connectivity index (χ0) is 27.7. The van der Waals surface area contributed by atoms with E-state index >= 15 is 0 Å². The van der Waals surface area contributed by atoms with Crippen LogP contribution >= 0.6 is 0 Å². The van der Waals surface area contributed by atoms with Crippen LogP contribution in [0.25, 0.3) is 28.1 Å². The van der Waals surface area contributed by atoms with Crippen molar-refractivity contribution >= 4 is 22.4 Å². The second kappa shape index (κ2) is 10.7. The number of hydrogen-bond acceptors (Lipinski definition) is 5. The van der Waals surface area contributed by atoms with Crippen LogP contribution in [0.4, 0.5) is 24.5 Å². The Morgan fingerprint density at radius 1 is 0.950 bits per heavy atom. The predicted molar refractivity (Wildman–Crippen MR) is 149 cm³/mol. The van der Waals surface area contributed by atoms with Crippen LogP contribution in [-0.4, -0.2) is 33.8 Å². The second-order valence-corrected chi connectivity index (χ2v) is 9.97. The van der Waals surface area contributed by atoms with Crippen LogP contribution in [0.5, 0.6) is 0 Å². The molecule has 1 saturated carbocycles. The zero-order valence-electron chi connectivity index (χ0n) is 21.9. The van der Waals surface area contributed by atoms with Crippen molar-refractivity contribution in [2.45, 2.75) is 44.0 Å². The van der Waals surface area contributed by atoms with Crippen molar-refractivity contribution in [3.63, 3.8) is 0 Å². The number of ether oxygens (including phenoxy) is 1. The Balaban J connectivity index is 1.62. The van der Waals surface area contributed by atoms with Crippen molar-refractivity contribution in [3.05, 3.63) is 96.1 Å². The minimum absolute atomic E-state index is 0.0399. The van der Waals surface area contributed by atoms with Crippen molar-refractivity contribution in [1.82, 2.24) is 14.5 Å². The first-order valence-electron chi connectivity index (χ1n) is 13.3. The number of nitrogens with one attached hydrogen (secondary N) is 1. The molecule has 6 rings (SSSR count). The van der Waals surface area contributed by atoms with Crippen molar-refractivity contribution in [2.75, 3.05) is 12.4 Å². The van der Waals surface area contributed by atoms with Crippen molar-refractivity contribution in [1.29, 1.82) is 0 Å². The molecule has 1 aliphatic heterocycles. The standard InChI is InChI=1S/C31H28F3N5O/c1-40-22-14-12-20(13-15-22)36-26-18-30-27(17-25(26)37-21-7-6-16-35-19-21)38-24-9-3-5-11-29(24)39(30)28-10-4-2-8-23(28)31(32,33)34/h2-11,16-20,22,37H,12-15H2,1H3/b36-26+. The molecule has 0 spiro atoms. The van der Waals surface area contributed by atoms with E-state index in [2.05, 4.69) is 10.3 Å². The highest BCUT2D eigenvalue weighted by Crippen LogP contribution is 2.38. The number of fused-ring (bicyclic) bond motifs is 2. The average Bonchev–Trinajstić information content (AvgIpc) is 2.97. The Hall–Kier alpha value is -4.24. The summed E-state index contributed by atoms with van der Waals surface area (Å²) in [7, 11) is 1.73. The molecule has 0 atom stereocenters. The van der Waals surface area contributed by atoms with Gasteiger partial charge >= 0.3 is 6.18 Å². The molecular formula is C31H28F3N5O. The highest BCUT2D eigenvalue weighted by molar-refractivity contribution is 5.84. The molecule has 1 N–H and O–H groups in total. The zero-order valence-corrected chi connectivity index (χ0v) is 21.9. The van der Waals surface area contributed by atoms with Crippen molar-refractivity contribution in [2.24, 2.45) is 4.99 Å². The Kier molecular flexibility index (Phi) is 6.98. The first kappa shape index (κ1) is 26.0. The summed E-state index contributed by atoms with van der Waals surface area (Å²) in [6.45, 7) is 0. The monoisotopic (exact) mass is 543 g/mol. The molecule has 3 aromatic rings. The molecule has 0 saturated heterocycles. The fraction of sp³-hybridized carbons (Fsp3) is 0.258. The summed E-state index contributed by atoms with van der Waals surface area (Å²) >= 11 is 0. The van der Waals surface area contributed by atoms with E-state index in [1.165, 1.54) is 12.1 Å². The number of halogens is 3. The summed E-state index contributed by atoms with van der Waals surface area (Å²) in [5.74, 6) is 0. The number of alkyl halides is 3. The largest absolute Gasteiger partial charge is 0.418 e. The molecule has 1 fully saturated rings. The molecule has 0 amide bonds. The first-order chi connectivity index (χ1) is 19.4. The maximum atomic E-state index is 14.2. The average molecular weight is 544 g/mol. The Labute approximate surface area is 229 Å². The van der Waals surface area contributed by atoms with Gasteiger partial charge in [-0.1, -0.05) is 24.3 Å². The van der Waals surface area contributed by atoms with Crippen LogP contribution in [0.15, 0.2) is 90.2 Å². The molecule has 204 valence electrons. The number of rotatable bonds is 5. The summed E-state index contributed by atoms with van der Waals surface area (Å²) in [5, 5.41) is 4.07. The van der Waals surface area contributed by atoms with E-state index in [-0.39, 0.29) is 17.8 Å². The Morgan fingerprint density at radius 2 is 1.73 bits per heavy atom. The maximum Gasteiger partial charge on any atom is 0.418 e. The van der Waals surface area contributed by atoms with Gasteiger partial charge in [0.25, 0.3) is 0 Å². The Morgan fingerprint density at radius 3 is 2.48 bits per heavy atom. The van der Waals surface area contributed by atoms with Crippen LogP contribution in [0.1, 0.15) is 31.2 Å². The fourth-order valence-electron chi connectivity index (χ4n) is 5.42. The SMILES string of the molecule is COC1CCC(/N=c2\cc3n(-c4ccccc4C(F)(F)F)c4ccccc4nc-3cc2Nc2cccnc2)CC1. The summed E-state index contributed by atoms with van der Waals surface area (Å²) in [4.78, 5) is 14.2. The first-order valence-corrected chi connectivity index (χ1v) is 13.3. The molecule has 2 aliphatic carbocycles. The summed E-state index contributed by atoms with van der Waals surface area (Å²) in [5.41, 5.74) is 3.06. The maximum absolute atomic E-state index is 14.2. The Bertz CT molecular complexity index is 1670. The molecular weight excluding hydrogens is 515 g/mol. The molecule has 1 aromatic heterocycles. The van der Waals surface area contributed by atoms with Gasteiger partial charge in [-0.15, -0.1) is 0 Å². The fourth-order valence-corrected chi connectivity index (χ4v) is 5.42. The quantitative estimate of drug-likeness (QED) is 0.239. The van der Waals surface area contributed by atoms with Crippen LogP contribution in [0.3, 0.4) is 0 Å². The third-order valence-corrected chi connectivity index (χ3v) is 7.39. The lowest BCUT2D eigenvalue weighted by Gasteiger charge is -2.26. The van der Waals surface area contributed by atoms with E-state index in [4.69, 9.17) is 14.7 Å². The van der Waals surface area contributed by atoms with Gasteiger partial charge in [-0.2, -0.15) is 13.2 Å². The van der Waals surface area contributed by atoms with E-state index in [0.29, 0.717) is 33.5 Å². The number of aromatic nitrogens is 3. The van der Waals surface area contributed by atoms with Gasteiger partial charge in [-0.3, -0.25) is 9.98 Å². The van der Waals surface area contributed by atoms with E-state index in [1.54, 1.807) is 42.3 Å². The third kappa shape index (κ3) is 5.16. The molecule has 0 unspecified atom stereocenters. The number of pyridine rings is 1. The van der Waals surface area contributed by atoms with Crippen molar-refractivity contribution < 1.29 is 17.9 Å². The summed E-state index contributed by atoms with van der Waals surface area (Å²) in [6.07, 6.45) is 2.67. The number of nitrogens with zero attached hydrogens (tertiary/aromatic N) is 4. The molecule has 3 aliphatic rings. The van der Waals surface area contributed by atoms with Gasteiger partial charge in [-0.25, -0.2) is 4.98 Å². The van der Waals surface area contributed by atoms with Crippen LogP contribution in [0, 0.1) is 0 Å². The lowest BCUT2D eigenvalue weighted by molar-refractivity contribution is -0.137. The smallest absolute Gasteiger partial charge is 0.381 e. The predicted octanol–water partition coefficient (Wildman–Crippen LogP) is 7.15. The molecule has 2 heterocycles. The normalized spacial score (nSPS) is 18.4. The highest BCUT2D eigenvalue weighted by atomic mass is 19.4. The van der Waals surface area contributed by atoms with Gasteiger partial charge in [0.15, 0.2) is 0 Å². The van der Waals surface area contributed by atoms with Crippen molar-refractivity contribution in [3.8, 4) is 17.1 Å². The van der Waals surface area contributed by atoms with E-state index < -0.39 is 11.7 Å². The van der Waals surface area contributed by atoms with Gasteiger partial charge < -0.3 is 14.6 Å². The summed E-state index contributed by atoms with van der Waals surface area (Å²) in [6, 6.07) is 20.4. The molecule has 6 nitrogen and oxygen atoms in total. The topological polar surface area (TPSA) is 64.3 Å².